The van der Waals surface area contributed by atoms with Crippen molar-refractivity contribution in [2.45, 2.75) is 59.0 Å². The van der Waals surface area contributed by atoms with Crippen LogP contribution in [0.2, 0.25) is 0 Å². The van der Waals surface area contributed by atoms with E-state index in [0.717, 1.165) is 12.8 Å². The largest absolute Gasteiger partial charge is 0.382 e. The second-order valence-corrected chi connectivity index (χ2v) is 7.42. The fraction of sp³-hybridized carbons (Fsp3) is 0.750. The lowest BCUT2D eigenvalue weighted by atomic mass is 9.74. The van der Waals surface area contributed by atoms with Crippen LogP contribution in [0.4, 0.5) is 0 Å². The van der Waals surface area contributed by atoms with Gasteiger partial charge in [-0.3, -0.25) is 0 Å². The highest BCUT2D eigenvalue weighted by Crippen LogP contribution is 2.42. The Kier molecular flexibility index (Phi) is 3.56. The van der Waals surface area contributed by atoms with E-state index >= 15 is 0 Å². The van der Waals surface area contributed by atoms with Crippen LogP contribution in [0.5, 0.6) is 0 Å². The first-order valence-electron chi connectivity index (χ1n) is 7.14. The number of rotatable bonds is 3. The van der Waals surface area contributed by atoms with Gasteiger partial charge in [0, 0.05) is 24.5 Å². The predicted octanol–water partition coefficient (Wildman–Crippen LogP) is 3.15. The maximum Gasteiger partial charge on any atom is 0.0692 e. The van der Waals surface area contributed by atoms with Crippen LogP contribution in [0.25, 0.3) is 0 Å². The molecule has 1 heterocycles. The molecule has 1 aromatic rings. The molecule has 3 nitrogen and oxygen atoms in total. The molecule has 1 aliphatic carbocycles. The summed E-state index contributed by atoms with van der Waals surface area (Å²) >= 11 is 0. The Hall–Kier alpha value is -0.800. The van der Waals surface area contributed by atoms with E-state index in [-0.39, 0.29) is 17.0 Å². The lowest BCUT2D eigenvalue weighted by molar-refractivity contribution is 0.104. The Morgan fingerprint density at radius 2 is 2.11 bits per heavy atom. The molecule has 0 fully saturated rings. The van der Waals surface area contributed by atoms with Crippen molar-refractivity contribution in [2.24, 2.45) is 11.1 Å². The normalized spacial score (nSPS) is 22.4. The first kappa shape index (κ1) is 14.6. The third-order valence-corrected chi connectivity index (χ3v) is 4.24. The average molecular weight is 264 g/mol. The van der Waals surface area contributed by atoms with Gasteiger partial charge in [0.25, 0.3) is 0 Å². The zero-order valence-corrected chi connectivity index (χ0v) is 13.2. The second kappa shape index (κ2) is 4.64. The van der Waals surface area contributed by atoms with Crippen LogP contribution in [0, 0.1) is 12.3 Å². The highest BCUT2D eigenvalue weighted by Gasteiger charge is 2.36. The molecular weight excluding hydrogens is 236 g/mol. The zero-order chi connectivity index (χ0) is 14.4. The molecule has 0 amide bonds. The zero-order valence-electron chi connectivity index (χ0n) is 13.2. The summed E-state index contributed by atoms with van der Waals surface area (Å²) in [6, 6.07) is 2.43. The van der Waals surface area contributed by atoms with Crippen molar-refractivity contribution in [1.29, 1.82) is 0 Å². The van der Waals surface area contributed by atoms with Crippen molar-refractivity contribution in [1.82, 2.24) is 4.57 Å². The third kappa shape index (κ3) is 2.59. The number of nitrogens with two attached hydrogens (primary N) is 1. The summed E-state index contributed by atoms with van der Waals surface area (Å²) < 4.78 is 7.84. The van der Waals surface area contributed by atoms with Gasteiger partial charge in [-0.25, -0.2) is 0 Å². The van der Waals surface area contributed by atoms with Crippen molar-refractivity contribution in [3.05, 3.63) is 23.0 Å². The van der Waals surface area contributed by atoms with E-state index in [4.69, 9.17) is 10.5 Å². The first-order valence-corrected chi connectivity index (χ1v) is 7.14. The Morgan fingerprint density at radius 3 is 2.68 bits per heavy atom. The Balaban J connectivity index is 2.53. The van der Waals surface area contributed by atoms with Crippen LogP contribution in [0.15, 0.2) is 6.07 Å². The van der Waals surface area contributed by atoms with Crippen molar-refractivity contribution in [2.75, 3.05) is 13.7 Å². The molecule has 0 radical (unpaired) electrons. The minimum absolute atomic E-state index is 0.0282. The van der Waals surface area contributed by atoms with Crippen LogP contribution >= 0.6 is 0 Å². The fourth-order valence-electron chi connectivity index (χ4n) is 3.71. The monoisotopic (exact) mass is 264 g/mol. The van der Waals surface area contributed by atoms with Gasteiger partial charge in [-0.15, -0.1) is 0 Å². The Bertz CT molecular complexity index is 471. The first-order chi connectivity index (χ1) is 8.68. The summed E-state index contributed by atoms with van der Waals surface area (Å²) in [4.78, 5) is 0. The molecule has 19 heavy (non-hydrogen) atoms. The van der Waals surface area contributed by atoms with Crippen LogP contribution < -0.4 is 5.73 Å². The molecule has 2 N–H and O–H groups in total. The quantitative estimate of drug-likeness (QED) is 0.911. The van der Waals surface area contributed by atoms with Crippen LogP contribution in [-0.2, 0) is 16.7 Å². The summed E-state index contributed by atoms with van der Waals surface area (Å²) in [7, 11) is 1.77. The highest BCUT2D eigenvalue weighted by atomic mass is 16.5. The van der Waals surface area contributed by atoms with Gasteiger partial charge < -0.3 is 15.0 Å². The van der Waals surface area contributed by atoms with Gasteiger partial charge in [-0.05, 0) is 50.7 Å². The van der Waals surface area contributed by atoms with E-state index in [1.807, 2.05) is 0 Å². The second-order valence-electron chi connectivity index (χ2n) is 7.42. The number of hydrogen-bond acceptors (Lipinski definition) is 2. The summed E-state index contributed by atoms with van der Waals surface area (Å²) in [6.07, 6.45) is 2.16. The number of methoxy groups -OCH3 is 1. The number of ether oxygens (including phenoxy) is 1. The van der Waals surface area contributed by atoms with Gasteiger partial charge in [0.15, 0.2) is 0 Å². The van der Waals surface area contributed by atoms with Crippen molar-refractivity contribution in [3.63, 3.8) is 0 Å². The van der Waals surface area contributed by atoms with E-state index in [1.54, 1.807) is 7.11 Å². The van der Waals surface area contributed by atoms with Crippen LogP contribution in [0.1, 0.15) is 57.1 Å². The number of aryl methyl sites for hydroxylation is 1. The molecule has 0 aromatic carbocycles. The molecule has 1 atom stereocenters. The van der Waals surface area contributed by atoms with E-state index in [2.05, 4.69) is 45.3 Å². The van der Waals surface area contributed by atoms with E-state index in [1.165, 1.54) is 17.0 Å². The highest BCUT2D eigenvalue weighted by molar-refractivity contribution is 5.35. The van der Waals surface area contributed by atoms with Gasteiger partial charge >= 0.3 is 0 Å². The van der Waals surface area contributed by atoms with Gasteiger partial charge in [0.2, 0.25) is 0 Å². The van der Waals surface area contributed by atoms with Crippen LogP contribution in [-0.4, -0.2) is 18.3 Å². The number of nitrogens with zero attached hydrogens (tertiary/aromatic N) is 1. The summed E-state index contributed by atoms with van der Waals surface area (Å²) in [5.74, 6) is 0. The lowest BCUT2D eigenvalue weighted by Crippen LogP contribution is -2.37. The standard InChI is InChI=1S/C16H28N2O/c1-11-7-12-13(17)8-15(2,3)9-14(12)18(11)16(4,5)10-19-6/h7,13H,8-10,17H2,1-6H3. The van der Waals surface area contributed by atoms with Crippen molar-refractivity contribution in [3.8, 4) is 0 Å². The molecule has 0 saturated carbocycles. The fourth-order valence-corrected chi connectivity index (χ4v) is 3.71. The number of aromatic nitrogens is 1. The predicted molar refractivity (Wildman–Crippen MR) is 79.4 cm³/mol. The minimum atomic E-state index is -0.0282. The van der Waals surface area contributed by atoms with Crippen molar-refractivity contribution >= 4 is 0 Å². The number of hydrogen-bond donors (Lipinski definition) is 1. The molecule has 1 unspecified atom stereocenters. The molecule has 1 aromatic heterocycles. The summed E-state index contributed by atoms with van der Waals surface area (Å²) in [6.45, 7) is 12.0. The molecule has 1 aliphatic rings. The third-order valence-electron chi connectivity index (χ3n) is 4.24. The van der Waals surface area contributed by atoms with Gasteiger partial charge in [-0.1, -0.05) is 13.8 Å². The maximum atomic E-state index is 6.38. The minimum Gasteiger partial charge on any atom is -0.382 e. The van der Waals surface area contributed by atoms with Gasteiger partial charge in [0.1, 0.15) is 0 Å². The molecule has 0 aliphatic heterocycles. The molecular formula is C16H28N2O. The molecule has 0 saturated heterocycles. The Morgan fingerprint density at radius 1 is 1.47 bits per heavy atom. The average Bonchev–Trinajstić information content (AvgIpc) is 2.53. The topological polar surface area (TPSA) is 40.2 Å². The van der Waals surface area contributed by atoms with Crippen LogP contribution in [0.3, 0.4) is 0 Å². The van der Waals surface area contributed by atoms with Crippen molar-refractivity contribution < 1.29 is 4.74 Å². The van der Waals surface area contributed by atoms with Gasteiger partial charge in [0.05, 0.1) is 12.1 Å². The van der Waals surface area contributed by atoms with E-state index < -0.39 is 0 Å². The number of fused-ring (bicyclic) bond motifs is 1. The Labute approximate surface area is 117 Å². The molecule has 0 bridgehead atoms. The summed E-state index contributed by atoms with van der Waals surface area (Å²) in [5, 5.41) is 0. The van der Waals surface area contributed by atoms with E-state index in [9.17, 15) is 0 Å². The molecule has 2 rings (SSSR count). The van der Waals surface area contributed by atoms with E-state index in [0.29, 0.717) is 6.61 Å². The molecule has 0 spiro atoms. The smallest absolute Gasteiger partial charge is 0.0692 e. The maximum absolute atomic E-state index is 6.38. The molecule has 108 valence electrons. The lowest BCUT2D eigenvalue weighted by Gasteiger charge is -2.38. The van der Waals surface area contributed by atoms with Gasteiger partial charge in [-0.2, -0.15) is 0 Å². The molecule has 3 heteroatoms. The summed E-state index contributed by atoms with van der Waals surface area (Å²) in [5.41, 5.74) is 10.7. The SMILES string of the molecule is COCC(C)(C)n1c(C)cc2c1CC(C)(C)CC2N.